The van der Waals surface area contributed by atoms with E-state index in [9.17, 15) is 0 Å². The van der Waals surface area contributed by atoms with E-state index in [1.54, 1.807) is 6.20 Å². The Bertz CT molecular complexity index is 568. The van der Waals surface area contributed by atoms with Gasteiger partial charge in [0.25, 0.3) is 0 Å². The first-order valence-electron chi connectivity index (χ1n) is 7.42. The van der Waals surface area contributed by atoms with Crippen LogP contribution in [0, 0.1) is 0 Å². The number of nitrogens with zero attached hydrogens (tertiary/aromatic N) is 2. The Hall–Kier alpha value is -1.52. The Labute approximate surface area is 131 Å². The third-order valence-electron chi connectivity index (χ3n) is 3.06. The van der Waals surface area contributed by atoms with Crippen LogP contribution in [0.1, 0.15) is 32.3 Å². The predicted octanol–water partition coefficient (Wildman–Crippen LogP) is 4.24. The Morgan fingerprint density at radius 3 is 2.81 bits per heavy atom. The number of aromatic nitrogens is 2. The van der Waals surface area contributed by atoms with Gasteiger partial charge >= 0.3 is 0 Å². The lowest BCUT2D eigenvalue weighted by atomic mass is 10.2. The van der Waals surface area contributed by atoms with Crippen molar-refractivity contribution in [2.45, 2.75) is 39.8 Å². The first kappa shape index (κ1) is 15.9. The zero-order chi connectivity index (χ0) is 15.1. The molecule has 0 bridgehead atoms. The fourth-order valence-corrected chi connectivity index (χ4v) is 2.26. The van der Waals surface area contributed by atoms with Gasteiger partial charge in [0.2, 0.25) is 0 Å². The fourth-order valence-electron chi connectivity index (χ4n) is 2.02. The summed E-state index contributed by atoms with van der Waals surface area (Å²) < 4.78 is 7.65. The molecule has 1 aromatic carbocycles. The summed E-state index contributed by atoms with van der Waals surface area (Å²) in [6.45, 7) is 6.93. The van der Waals surface area contributed by atoms with E-state index in [0.717, 1.165) is 54.6 Å². The maximum absolute atomic E-state index is 6.29. The van der Waals surface area contributed by atoms with E-state index < -0.39 is 0 Å². The number of benzene rings is 1. The van der Waals surface area contributed by atoms with Crippen molar-refractivity contribution in [2.24, 2.45) is 0 Å². The normalized spacial score (nSPS) is 10.8. The molecule has 0 saturated carbocycles. The van der Waals surface area contributed by atoms with Gasteiger partial charge in [-0.3, -0.25) is 4.68 Å². The molecule has 0 aliphatic carbocycles. The smallest absolute Gasteiger partial charge is 0.165 e. The van der Waals surface area contributed by atoms with E-state index in [4.69, 9.17) is 16.3 Å². The highest BCUT2D eigenvalue weighted by molar-refractivity contribution is 6.31. The van der Waals surface area contributed by atoms with Crippen molar-refractivity contribution in [1.82, 2.24) is 15.1 Å². The molecule has 2 rings (SSSR count). The van der Waals surface area contributed by atoms with Crippen LogP contribution < -0.4 is 10.1 Å². The summed E-state index contributed by atoms with van der Waals surface area (Å²) in [7, 11) is 0. The maximum atomic E-state index is 6.29. The standard InChI is InChI=1S/C16H22ClN3O/c1-3-7-18-10-13-5-6-14(9-16(13)17)21-15-11-19-20(12-15)8-4-2/h5-6,9,11-12,18H,3-4,7-8,10H2,1-2H3. The van der Waals surface area contributed by atoms with Gasteiger partial charge in [-0.15, -0.1) is 0 Å². The van der Waals surface area contributed by atoms with E-state index in [1.165, 1.54) is 0 Å². The minimum absolute atomic E-state index is 0.719. The van der Waals surface area contributed by atoms with Gasteiger partial charge in [0, 0.05) is 18.1 Å². The van der Waals surface area contributed by atoms with Crippen LogP contribution >= 0.6 is 11.6 Å². The second kappa shape index (κ2) is 8.05. The van der Waals surface area contributed by atoms with Gasteiger partial charge in [-0.2, -0.15) is 5.10 Å². The average molecular weight is 308 g/mol. The van der Waals surface area contributed by atoms with Crippen LogP contribution in [0.2, 0.25) is 5.02 Å². The van der Waals surface area contributed by atoms with Crippen molar-refractivity contribution >= 4 is 11.6 Å². The lowest BCUT2D eigenvalue weighted by Gasteiger charge is -2.08. The summed E-state index contributed by atoms with van der Waals surface area (Å²) in [6.07, 6.45) is 5.78. The van der Waals surface area contributed by atoms with Crippen LogP contribution in [0.3, 0.4) is 0 Å². The van der Waals surface area contributed by atoms with E-state index in [0.29, 0.717) is 0 Å². The highest BCUT2D eigenvalue weighted by atomic mass is 35.5. The number of halogens is 1. The maximum Gasteiger partial charge on any atom is 0.165 e. The highest BCUT2D eigenvalue weighted by Gasteiger charge is 2.05. The van der Waals surface area contributed by atoms with Crippen LogP contribution in [-0.2, 0) is 13.1 Å². The van der Waals surface area contributed by atoms with Gasteiger partial charge < -0.3 is 10.1 Å². The number of rotatable bonds is 8. The molecule has 0 aliphatic rings. The van der Waals surface area contributed by atoms with Crippen LogP contribution in [0.4, 0.5) is 0 Å². The zero-order valence-electron chi connectivity index (χ0n) is 12.6. The van der Waals surface area contributed by atoms with Crippen molar-refractivity contribution in [3.63, 3.8) is 0 Å². The van der Waals surface area contributed by atoms with Gasteiger partial charge in [-0.1, -0.05) is 31.5 Å². The second-order valence-corrected chi connectivity index (χ2v) is 5.38. The molecule has 0 spiro atoms. The average Bonchev–Trinajstić information content (AvgIpc) is 2.89. The quantitative estimate of drug-likeness (QED) is 0.741. The first-order valence-corrected chi connectivity index (χ1v) is 7.80. The number of ether oxygens (including phenoxy) is 1. The summed E-state index contributed by atoms with van der Waals surface area (Å²) in [5.74, 6) is 1.46. The molecule has 1 N–H and O–H groups in total. The SMILES string of the molecule is CCCNCc1ccc(Oc2cnn(CCC)c2)cc1Cl. The van der Waals surface area contributed by atoms with Crippen LogP contribution in [-0.4, -0.2) is 16.3 Å². The lowest BCUT2D eigenvalue weighted by Crippen LogP contribution is -2.13. The number of hydrogen-bond acceptors (Lipinski definition) is 3. The van der Waals surface area contributed by atoms with E-state index in [1.807, 2.05) is 29.1 Å². The van der Waals surface area contributed by atoms with Gasteiger partial charge in [0.1, 0.15) is 5.75 Å². The molecular weight excluding hydrogens is 286 g/mol. The molecule has 21 heavy (non-hydrogen) atoms. The summed E-state index contributed by atoms with van der Waals surface area (Å²) in [5, 5.41) is 8.30. The van der Waals surface area contributed by atoms with Gasteiger partial charge in [-0.05, 0) is 37.1 Å². The van der Waals surface area contributed by atoms with Crippen LogP contribution in [0.5, 0.6) is 11.5 Å². The van der Waals surface area contributed by atoms with Crippen molar-refractivity contribution < 1.29 is 4.74 Å². The van der Waals surface area contributed by atoms with Crippen molar-refractivity contribution in [3.8, 4) is 11.5 Å². The molecule has 0 radical (unpaired) electrons. The molecule has 5 heteroatoms. The Morgan fingerprint density at radius 1 is 1.24 bits per heavy atom. The molecule has 4 nitrogen and oxygen atoms in total. The lowest BCUT2D eigenvalue weighted by molar-refractivity contribution is 0.480. The van der Waals surface area contributed by atoms with Crippen LogP contribution in [0.15, 0.2) is 30.6 Å². The Kier molecular flexibility index (Phi) is 6.08. The molecule has 2 aromatic rings. The molecule has 0 amide bonds. The van der Waals surface area contributed by atoms with Crippen molar-refractivity contribution in [2.75, 3.05) is 6.54 Å². The second-order valence-electron chi connectivity index (χ2n) is 4.97. The Balaban J connectivity index is 1.98. The number of hydrogen-bond donors (Lipinski definition) is 1. The molecule has 0 fully saturated rings. The molecule has 0 atom stereocenters. The topological polar surface area (TPSA) is 39.1 Å². The van der Waals surface area contributed by atoms with E-state index >= 15 is 0 Å². The largest absolute Gasteiger partial charge is 0.454 e. The summed E-state index contributed by atoms with van der Waals surface area (Å²) in [5.41, 5.74) is 1.08. The van der Waals surface area contributed by atoms with Crippen molar-refractivity contribution in [3.05, 3.63) is 41.2 Å². The van der Waals surface area contributed by atoms with E-state index in [-0.39, 0.29) is 0 Å². The number of nitrogens with one attached hydrogen (secondary N) is 1. The van der Waals surface area contributed by atoms with Gasteiger partial charge in [0.15, 0.2) is 5.75 Å². The summed E-state index contributed by atoms with van der Waals surface area (Å²) in [6, 6.07) is 5.78. The predicted molar refractivity (Wildman–Crippen MR) is 86.0 cm³/mol. The zero-order valence-corrected chi connectivity index (χ0v) is 13.4. The third kappa shape index (κ3) is 4.76. The number of aryl methyl sites for hydroxylation is 1. The monoisotopic (exact) mass is 307 g/mol. The minimum Gasteiger partial charge on any atom is -0.454 e. The molecule has 0 saturated heterocycles. The molecule has 1 aromatic heterocycles. The van der Waals surface area contributed by atoms with Gasteiger partial charge in [-0.25, -0.2) is 0 Å². The van der Waals surface area contributed by atoms with Crippen molar-refractivity contribution in [1.29, 1.82) is 0 Å². The third-order valence-corrected chi connectivity index (χ3v) is 3.42. The minimum atomic E-state index is 0.719. The van der Waals surface area contributed by atoms with E-state index in [2.05, 4.69) is 24.3 Å². The summed E-state index contributed by atoms with van der Waals surface area (Å²) >= 11 is 6.29. The highest BCUT2D eigenvalue weighted by Crippen LogP contribution is 2.26. The molecule has 1 heterocycles. The fraction of sp³-hybridized carbons (Fsp3) is 0.438. The summed E-state index contributed by atoms with van der Waals surface area (Å²) in [4.78, 5) is 0. The van der Waals surface area contributed by atoms with Gasteiger partial charge in [0.05, 0.1) is 12.4 Å². The molecule has 114 valence electrons. The molecule has 0 aliphatic heterocycles. The molecule has 0 unspecified atom stereocenters. The Morgan fingerprint density at radius 2 is 2.10 bits per heavy atom. The van der Waals surface area contributed by atoms with Crippen LogP contribution in [0.25, 0.3) is 0 Å². The first-order chi connectivity index (χ1) is 10.2. The molecular formula is C16H22ClN3O.